The van der Waals surface area contributed by atoms with E-state index < -0.39 is 32.6 Å². The van der Waals surface area contributed by atoms with Crippen molar-refractivity contribution in [2.45, 2.75) is 43.7 Å². The van der Waals surface area contributed by atoms with Crippen LogP contribution in [0.5, 0.6) is 0 Å². The number of allylic oxidation sites excluding steroid dienone is 2. The molecule has 2 aliphatic carbocycles. The maximum Gasteiger partial charge on any atom is 0.523 e. The highest BCUT2D eigenvalue weighted by Crippen LogP contribution is 2.66. The smallest absolute Gasteiger partial charge is 0.464 e. The van der Waals surface area contributed by atoms with Crippen LogP contribution in [0.15, 0.2) is 12.2 Å². The van der Waals surface area contributed by atoms with E-state index in [2.05, 4.69) is 4.18 Å². The van der Waals surface area contributed by atoms with Crippen LogP contribution in [0, 0.1) is 5.41 Å². The average molecular weight is 328 g/mol. The highest BCUT2D eigenvalue weighted by molar-refractivity contribution is 7.87. The van der Waals surface area contributed by atoms with Crippen LogP contribution in [-0.2, 0) is 23.8 Å². The molecule has 2 unspecified atom stereocenters. The van der Waals surface area contributed by atoms with E-state index in [1.54, 1.807) is 6.08 Å². The molecule has 0 aromatic heterocycles. The summed E-state index contributed by atoms with van der Waals surface area (Å²) in [5.74, 6) is -1.05. The molecule has 1 spiro atoms. The molecule has 0 bridgehead atoms. The van der Waals surface area contributed by atoms with Crippen LogP contribution in [-0.4, -0.2) is 32.1 Å². The monoisotopic (exact) mass is 328 g/mol. The first-order valence-corrected chi connectivity index (χ1v) is 7.85. The van der Waals surface area contributed by atoms with Crippen molar-refractivity contribution in [2.24, 2.45) is 5.41 Å². The number of carbonyl (C=O) groups excluding carboxylic acids is 1. The summed E-state index contributed by atoms with van der Waals surface area (Å²) >= 11 is 0. The van der Waals surface area contributed by atoms with Crippen LogP contribution < -0.4 is 0 Å². The second-order valence-electron chi connectivity index (χ2n) is 5.20. The van der Waals surface area contributed by atoms with Gasteiger partial charge in [0.1, 0.15) is 0 Å². The summed E-state index contributed by atoms with van der Waals surface area (Å²) in [6.45, 7) is 1.42. The molecule has 0 aromatic rings. The Balaban J connectivity index is 2.33. The molecule has 120 valence electrons. The van der Waals surface area contributed by atoms with Crippen molar-refractivity contribution in [2.75, 3.05) is 6.61 Å². The third-order valence-corrected chi connectivity index (χ3v) is 5.00. The lowest BCUT2D eigenvalue weighted by Crippen LogP contribution is -2.41. The minimum Gasteiger partial charge on any atom is -0.464 e. The van der Waals surface area contributed by atoms with Crippen LogP contribution in [0.2, 0.25) is 0 Å². The van der Waals surface area contributed by atoms with Gasteiger partial charge in [0, 0.05) is 5.41 Å². The van der Waals surface area contributed by atoms with Crippen LogP contribution in [0.3, 0.4) is 0 Å². The number of alkyl halides is 3. The van der Waals surface area contributed by atoms with E-state index in [-0.39, 0.29) is 13.0 Å². The van der Waals surface area contributed by atoms with E-state index in [4.69, 9.17) is 4.74 Å². The minimum absolute atomic E-state index is 0.0675. The summed E-state index contributed by atoms with van der Waals surface area (Å²) in [5.41, 5.74) is -8.55. The molecule has 0 radical (unpaired) electrons. The first-order valence-electron chi connectivity index (χ1n) is 6.44. The van der Waals surface area contributed by atoms with E-state index >= 15 is 0 Å². The fraction of sp³-hybridized carbons (Fsp3) is 0.750. The molecule has 21 heavy (non-hydrogen) atoms. The van der Waals surface area contributed by atoms with Gasteiger partial charge in [-0.1, -0.05) is 12.2 Å². The molecule has 0 N–H and O–H groups in total. The van der Waals surface area contributed by atoms with Crippen LogP contribution in [0.1, 0.15) is 32.6 Å². The highest BCUT2D eigenvalue weighted by Gasteiger charge is 2.77. The lowest BCUT2D eigenvalue weighted by molar-refractivity contribution is -0.157. The maximum atomic E-state index is 12.5. The molecule has 5 nitrogen and oxygen atoms in total. The lowest BCUT2D eigenvalue weighted by Gasteiger charge is -2.25. The summed E-state index contributed by atoms with van der Waals surface area (Å²) < 4.78 is 69.2. The zero-order valence-electron chi connectivity index (χ0n) is 11.3. The van der Waals surface area contributed by atoms with Gasteiger partial charge in [-0.25, -0.2) is 8.98 Å². The van der Waals surface area contributed by atoms with Crippen LogP contribution in [0.25, 0.3) is 0 Å². The van der Waals surface area contributed by atoms with Gasteiger partial charge < -0.3 is 4.74 Å². The molecule has 9 heteroatoms. The molecule has 0 aliphatic heterocycles. The largest absolute Gasteiger partial charge is 0.523 e. The van der Waals surface area contributed by atoms with Gasteiger partial charge >= 0.3 is 21.6 Å². The van der Waals surface area contributed by atoms with E-state index in [1.807, 2.05) is 6.08 Å². The Bertz CT molecular complexity index is 568. The van der Waals surface area contributed by atoms with Gasteiger partial charge in [-0.3, -0.25) is 0 Å². The summed E-state index contributed by atoms with van der Waals surface area (Å²) in [6.07, 6.45) is 4.69. The van der Waals surface area contributed by atoms with Gasteiger partial charge in [-0.15, -0.1) is 0 Å². The zero-order valence-corrected chi connectivity index (χ0v) is 12.1. The van der Waals surface area contributed by atoms with Gasteiger partial charge in [0.05, 0.1) is 6.61 Å². The van der Waals surface area contributed by atoms with Gasteiger partial charge in [-0.2, -0.15) is 21.6 Å². The van der Waals surface area contributed by atoms with Gasteiger partial charge in [-0.05, 0) is 32.6 Å². The standard InChI is InChI=1S/C12H15F3O5S/c1-2-19-9(16)11(20-21(17,18)12(13,14)15)8-10(11)6-4-3-5-7-10/h3-4H,2,5-8H2,1H3. The highest BCUT2D eigenvalue weighted by atomic mass is 32.2. The molecule has 0 aromatic carbocycles. The predicted octanol–water partition coefficient (Wildman–Crippen LogP) is 2.28. The summed E-state index contributed by atoms with van der Waals surface area (Å²) in [7, 11) is -5.86. The topological polar surface area (TPSA) is 69.7 Å². The van der Waals surface area contributed by atoms with Crippen LogP contribution >= 0.6 is 0 Å². The molecule has 2 aliphatic rings. The Morgan fingerprint density at radius 2 is 2.00 bits per heavy atom. The zero-order chi connectivity index (χ0) is 15.9. The number of halogens is 3. The van der Waals surface area contributed by atoms with Crippen molar-refractivity contribution < 1.29 is 35.3 Å². The Hall–Kier alpha value is -1.09. The number of ether oxygens (including phenoxy) is 1. The number of rotatable bonds is 4. The number of carbonyl (C=O) groups is 1. The van der Waals surface area contributed by atoms with Crippen molar-refractivity contribution in [3.05, 3.63) is 12.2 Å². The third kappa shape index (κ3) is 2.57. The van der Waals surface area contributed by atoms with Crippen molar-refractivity contribution in [3.8, 4) is 0 Å². The molecule has 1 fully saturated rings. The van der Waals surface area contributed by atoms with Gasteiger partial charge in [0.15, 0.2) is 5.60 Å². The molecule has 0 heterocycles. The number of hydrogen-bond acceptors (Lipinski definition) is 5. The molecular weight excluding hydrogens is 313 g/mol. The summed E-state index contributed by atoms with van der Waals surface area (Å²) in [6, 6.07) is 0. The predicted molar refractivity (Wildman–Crippen MR) is 65.5 cm³/mol. The van der Waals surface area contributed by atoms with Crippen molar-refractivity contribution >= 4 is 16.1 Å². The second-order valence-corrected chi connectivity index (χ2v) is 6.74. The first-order chi connectivity index (χ1) is 9.60. The molecule has 2 rings (SSSR count). The summed E-state index contributed by atoms with van der Waals surface area (Å²) in [4.78, 5) is 12.0. The van der Waals surface area contributed by atoms with Crippen molar-refractivity contribution in [1.29, 1.82) is 0 Å². The van der Waals surface area contributed by atoms with Crippen molar-refractivity contribution in [3.63, 3.8) is 0 Å². The SMILES string of the molecule is CCOC(=O)C1(OS(=O)(=O)C(F)(F)F)CC12CC=CCC2. The average Bonchev–Trinajstić information content (AvgIpc) is 2.96. The number of hydrogen-bond donors (Lipinski definition) is 0. The fourth-order valence-corrected chi connectivity index (χ4v) is 3.54. The normalized spacial score (nSPS) is 32.2. The van der Waals surface area contributed by atoms with E-state index in [9.17, 15) is 26.4 Å². The van der Waals surface area contributed by atoms with E-state index in [0.29, 0.717) is 19.3 Å². The minimum atomic E-state index is -5.86. The quantitative estimate of drug-likeness (QED) is 0.343. The van der Waals surface area contributed by atoms with Crippen molar-refractivity contribution in [1.82, 2.24) is 0 Å². The Morgan fingerprint density at radius 1 is 1.33 bits per heavy atom. The lowest BCUT2D eigenvalue weighted by atomic mass is 9.87. The maximum absolute atomic E-state index is 12.5. The Labute approximate surface area is 120 Å². The fourth-order valence-electron chi connectivity index (χ4n) is 2.77. The molecular formula is C12H15F3O5S. The molecule has 0 saturated heterocycles. The van der Waals surface area contributed by atoms with Gasteiger partial charge in [0.25, 0.3) is 0 Å². The Kier molecular flexibility index (Phi) is 3.86. The Morgan fingerprint density at radius 3 is 2.48 bits per heavy atom. The second kappa shape index (κ2) is 4.98. The number of esters is 1. The first kappa shape index (κ1) is 16.3. The molecule has 1 saturated carbocycles. The molecule has 2 atom stereocenters. The van der Waals surface area contributed by atoms with E-state index in [1.165, 1.54) is 6.92 Å². The van der Waals surface area contributed by atoms with E-state index in [0.717, 1.165) is 0 Å². The summed E-state index contributed by atoms with van der Waals surface area (Å²) in [5, 5.41) is 0. The third-order valence-electron chi connectivity index (χ3n) is 3.92. The van der Waals surface area contributed by atoms with Crippen LogP contribution in [0.4, 0.5) is 13.2 Å². The van der Waals surface area contributed by atoms with Gasteiger partial charge in [0.2, 0.25) is 0 Å². The molecule has 0 amide bonds.